The molecule has 0 unspecified atom stereocenters. The lowest BCUT2D eigenvalue weighted by atomic mass is 10.3. The van der Waals surface area contributed by atoms with Crippen molar-refractivity contribution in [3.63, 3.8) is 0 Å². The van der Waals surface area contributed by atoms with Crippen molar-refractivity contribution in [2.45, 2.75) is 13.5 Å². The fourth-order valence-electron chi connectivity index (χ4n) is 1.58. The van der Waals surface area contributed by atoms with Crippen LogP contribution in [-0.2, 0) is 18.4 Å². The molecule has 1 heterocycles. The number of aryl methyl sites for hydroxylation is 2. The monoisotopic (exact) mass is 264 g/mol. The molecule has 0 fully saturated rings. The number of rotatable bonds is 5. The van der Waals surface area contributed by atoms with Crippen molar-refractivity contribution in [2.75, 3.05) is 13.1 Å². The third kappa shape index (κ3) is 4.35. The van der Waals surface area contributed by atoms with E-state index >= 15 is 0 Å². The molecule has 0 atom stereocenters. The summed E-state index contributed by atoms with van der Waals surface area (Å²) in [6.07, 6.45) is 6.89. The minimum absolute atomic E-state index is 0.0514. The molecule has 7 nitrogen and oxygen atoms in total. The van der Waals surface area contributed by atoms with E-state index in [4.69, 9.17) is 11.5 Å². The molecule has 0 aromatic carbocycles. The molecule has 0 saturated heterocycles. The van der Waals surface area contributed by atoms with Crippen molar-refractivity contribution in [1.82, 2.24) is 20.0 Å². The second kappa shape index (κ2) is 6.44. The van der Waals surface area contributed by atoms with Crippen LogP contribution in [0.2, 0.25) is 0 Å². The Morgan fingerprint density at radius 2 is 2.32 bits per heavy atom. The van der Waals surface area contributed by atoms with Crippen molar-refractivity contribution in [3.05, 3.63) is 17.5 Å². The average Bonchev–Trinajstić information content (AvgIpc) is 2.63. The highest BCUT2D eigenvalue weighted by Crippen LogP contribution is 2.04. The van der Waals surface area contributed by atoms with Gasteiger partial charge in [-0.1, -0.05) is 5.92 Å². The van der Waals surface area contributed by atoms with E-state index in [1.807, 2.05) is 6.92 Å². The van der Waals surface area contributed by atoms with E-state index in [1.54, 1.807) is 17.9 Å². The molecule has 1 aromatic heterocycles. The zero-order valence-corrected chi connectivity index (χ0v) is 10.9. The zero-order valence-electron chi connectivity index (χ0n) is 10.9. The highest BCUT2D eigenvalue weighted by molar-refractivity contribution is 5.80. The van der Waals surface area contributed by atoms with E-state index < -0.39 is 18.5 Å². The van der Waals surface area contributed by atoms with E-state index in [-0.39, 0.29) is 13.1 Å². The summed E-state index contributed by atoms with van der Waals surface area (Å²) in [4.78, 5) is 23.5. The number of terminal acetylenes is 1. The smallest absolute Gasteiger partial charge is 0.323 e. The Hall–Kier alpha value is -2.49. The van der Waals surface area contributed by atoms with Crippen LogP contribution in [0.15, 0.2) is 6.20 Å². The maximum atomic E-state index is 11.8. The number of carbonyl (C=O) groups excluding carboxylic acids is 1. The average molecular weight is 264 g/mol. The van der Waals surface area contributed by atoms with Crippen LogP contribution in [0.5, 0.6) is 0 Å². The molecule has 102 valence electrons. The first-order chi connectivity index (χ1) is 8.93. The molecule has 1 aromatic rings. The summed E-state index contributed by atoms with van der Waals surface area (Å²) in [6, 6.07) is -0.511. The molecule has 1 rings (SSSR count). The summed E-state index contributed by atoms with van der Waals surface area (Å²) >= 11 is 0. The van der Waals surface area contributed by atoms with Gasteiger partial charge in [-0.05, 0) is 6.92 Å². The molecule has 19 heavy (non-hydrogen) atoms. The third-order valence-corrected chi connectivity index (χ3v) is 2.44. The number of carbonyl (C=O) groups is 2. The minimum Gasteiger partial charge on any atom is -0.480 e. The van der Waals surface area contributed by atoms with Gasteiger partial charge in [-0.2, -0.15) is 5.10 Å². The molecule has 2 amide bonds. The third-order valence-electron chi connectivity index (χ3n) is 2.44. The van der Waals surface area contributed by atoms with Gasteiger partial charge in [0.05, 0.1) is 12.2 Å². The Kier molecular flexibility index (Phi) is 4.94. The lowest BCUT2D eigenvalue weighted by Crippen LogP contribution is -2.42. The molecule has 0 bridgehead atoms. The fraction of sp³-hybridized carbons (Fsp3) is 0.417. The van der Waals surface area contributed by atoms with Crippen LogP contribution in [0.1, 0.15) is 11.3 Å². The largest absolute Gasteiger partial charge is 0.480 e. The maximum absolute atomic E-state index is 11.8. The lowest BCUT2D eigenvalue weighted by molar-refractivity contribution is -0.137. The first kappa shape index (κ1) is 14.6. The standard InChI is InChI=1S/C12H16N4O3/c1-4-5-16(8-11(17)18)12(19)13-6-10-7-15(3)14-9(10)2/h1,7H,5-6,8H2,2-3H3,(H,13,19)(H,17,18). The quantitative estimate of drug-likeness (QED) is 0.730. The fourth-order valence-corrected chi connectivity index (χ4v) is 1.58. The number of carboxylic acids is 1. The van der Waals surface area contributed by atoms with Gasteiger partial charge in [0, 0.05) is 25.4 Å². The first-order valence-corrected chi connectivity index (χ1v) is 5.61. The molecular weight excluding hydrogens is 248 g/mol. The number of aliphatic carboxylic acids is 1. The number of urea groups is 1. The number of amides is 2. The Morgan fingerprint density at radius 3 is 2.79 bits per heavy atom. The van der Waals surface area contributed by atoms with Crippen LogP contribution in [-0.4, -0.2) is 44.9 Å². The highest BCUT2D eigenvalue weighted by Gasteiger charge is 2.15. The van der Waals surface area contributed by atoms with Gasteiger partial charge in [-0.3, -0.25) is 9.48 Å². The van der Waals surface area contributed by atoms with Crippen LogP contribution in [0.4, 0.5) is 4.79 Å². The van der Waals surface area contributed by atoms with E-state index in [9.17, 15) is 9.59 Å². The Labute approximate surface area is 111 Å². The van der Waals surface area contributed by atoms with Crippen molar-refractivity contribution in [3.8, 4) is 12.3 Å². The number of hydrogen-bond donors (Lipinski definition) is 2. The highest BCUT2D eigenvalue weighted by atomic mass is 16.4. The number of aromatic nitrogens is 2. The van der Waals surface area contributed by atoms with Crippen LogP contribution >= 0.6 is 0 Å². The maximum Gasteiger partial charge on any atom is 0.323 e. The molecule has 0 aliphatic rings. The Bertz CT molecular complexity index is 516. The van der Waals surface area contributed by atoms with Gasteiger partial charge in [-0.15, -0.1) is 6.42 Å². The topological polar surface area (TPSA) is 87.5 Å². The minimum atomic E-state index is -1.11. The molecule has 0 saturated carbocycles. The summed E-state index contributed by atoms with van der Waals surface area (Å²) in [7, 11) is 1.79. The predicted octanol–water partition coefficient (Wildman–Crippen LogP) is -0.0421. The van der Waals surface area contributed by atoms with Gasteiger partial charge in [0.1, 0.15) is 6.54 Å². The summed E-state index contributed by atoms with van der Waals surface area (Å²) in [5.74, 6) is 1.14. The summed E-state index contributed by atoms with van der Waals surface area (Å²) in [6.45, 7) is 1.63. The van der Waals surface area contributed by atoms with Gasteiger partial charge in [0.25, 0.3) is 0 Å². The van der Waals surface area contributed by atoms with Gasteiger partial charge < -0.3 is 15.3 Å². The van der Waals surface area contributed by atoms with Gasteiger partial charge in [0.2, 0.25) is 0 Å². The second-order valence-corrected chi connectivity index (χ2v) is 4.03. The normalized spacial score (nSPS) is 9.74. The lowest BCUT2D eigenvalue weighted by Gasteiger charge is -2.18. The number of nitrogens with zero attached hydrogens (tertiary/aromatic N) is 3. The van der Waals surface area contributed by atoms with E-state index in [2.05, 4.69) is 16.3 Å². The van der Waals surface area contributed by atoms with Gasteiger partial charge in [0.15, 0.2) is 0 Å². The summed E-state index contributed by atoms with van der Waals surface area (Å²) < 4.78 is 1.65. The molecule has 2 N–H and O–H groups in total. The summed E-state index contributed by atoms with van der Waals surface area (Å²) in [5, 5.41) is 15.5. The van der Waals surface area contributed by atoms with E-state index in [0.29, 0.717) is 0 Å². The molecule has 0 aliphatic carbocycles. The number of nitrogens with one attached hydrogen (secondary N) is 1. The Morgan fingerprint density at radius 1 is 1.63 bits per heavy atom. The molecular formula is C12H16N4O3. The van der Waals surface area contributed by atoms with Crippen LogP contribution in [0.25, 0.3) is 0 Å². The SMILES string of the molecule is C#CCN(CC(=O)O)C(=O)NCc1cn(C)nc1C. The van der Waals surface area contributed by atoms with Crippen LogP contribution in [0, 0.1) is 19.3 Å². The number of carboxylic acid groups (broad SMARTS) is 1. The van der Waals surface area contributed by atoms with Crippen molar-refractivity contribution >= 4 is 12.0 Å². The summed E-state index contributed by atoms with van der Waals surface area (Å²) in [5.41, 5.74) is 1.68. The predicted molar refractivity (Wildman–Crippen MR) is 68.2 cm³/mol. The van der Waals surface area contributed by atoms with Gasteiger partial charge in [-0.25, -0.2) is 4.79 Å². The van der Waals surface area contributed by atoms with Crippen LogP contribution in [0.3, 0.4) is 0 Å². The molecule has 0 spiro atoms. The van der Waals surface area contributed by atoms with E-state index in [1.165, 1.54) is 0 Å². The molecule has 7 heteroatoms. The zero-order chi connectivity index (χ0) is 14.4. The van der Waals surface area contributed by atoms with E-state index in [0.717, 1.165) is 16.2 Å². The Balaban J connectivity index is 2.59. The number of hydrogen-bond acceptors (Lipinski definition) is 3. The molecule has 0 radical (unpaired) electrons. The van der Waals surface area contributed by atoms with Crippen molar-refractivity contribution < 1.29 is 14.7 Å². The molecule has 0 aliphatic heterocycles. The van der Waals surface area contributed by atoms with Crippen LogP contribution < -0.4 is 5.32 Å². The second-order valence-electron chi connectivity index (χ2n) is 4.03. The van der Waals surface area contributed by atoms with Gasteiger partial charge >= 0.3 is 12.0 Å². The van der Waals surface area contributed by atoms with Crippen molar-refractivity contribution in [2.24, 2.45) is 7.05 Å². The first-order valence-electron chi connectivity index (χ1n) is 5.61. The van der Waals surface area contributed by atoms with Crippen molar-refractivity contribution in [1.29, 1.82) is 0 Å².